The van der Waals surface area contributed by atoms with Crippen molar-refractivity contribution in [1.29, 1.82) is 0 Å². The summed E-state index contributed by atoms with van der Waals surface area (Å²) in [6.07, 6.45) is 1.53. The molecule has 0 unspecified atom stereocenters. The minimum Gasteiger partial charge on any atom is -0.482 e. The van der Waals surface area contributed by atoms with Gasteiger partial charge in [0.2, 0.25) is 0 Å². The lowest BCUT2D eigenvalue weighted by Gasteiger charge is -2.10. The number of hydrogen-bond acceptors (Lipinski definition) is 5. The van der Waals surface area contributed by atoms with Crippen molar-refractivity contribution in [3.8, 4) is 17.0 Å². The largest absolute Gasteiger partial charge is 0.482 e. The fourth-order valence-electron chi connectivity index (χ4n) is 2.57. The van der Waals surface area contributed by atoms with Crippen LogP contribution in [0.3, 0.4) is 0 Å². The minimum absolute atomic E-state index is 0.184. The van der Waals surface area contributed by atoms with Crippen molar-refractivity contribution in [1.82, 2.24) is 19.8 Å². The maximum Gasteiger partial charge on any atom is 0.262 e. The van der Waals surface area contributed by atoms with E-state index in [0.717, 1.165) is 11.3 Å². The molecule has 0 fully saturated rings. The molecule has 2 aromatic heterocycles. The maximum atomic E-state index is 12.2. The summed E-state index contributed by atoms with van der Waals surface area (Å²) in [5, 5.41) is 15.8. The number of fused-ring (bicyclic) bond motifs is 1. The van der Waals surface area contributed by atoms with Gasteiger partial charge in [0, 0.05) is 16.3 Å². The van der Waals surface area contributed by atoms with E-state index in [1.54, 1.807) is 28.8 Å². The first-order valence-electron chi connectivity index (χ1n) is 8.24. The van der Waals surface area contributed by atoms with Gasteiger partial charge in [0.15, 0.2) is 12.3 Å². The summed E-state index contributed by atoms with van der Waals surface area (Å²) in [4.78, 5) is 12.2. The Morgan fingerprint density at radius 1 is 1.11 bits per heavy atom. The first-order valence-corrected chi connectivity index (χ1v) is 8.99. The van der Waals surface area contributed by atoms with Gasteiger partial charge in [-0.25, -0.2) is 0 Å². The highest BCUT2D eigenvalue weighted by atomic mass is 35.5. The van der Waals surface area contributed by atoms with Crippen LogP contribution in [0.25, 0.3) is 16.9 Å². The summed E-state index contributed by atoms with van der Waals surface area (Å²) >= 11 is 11.9. The Bertz CT molecular complexity index is 1160. The first-order chi connectivity index (χ1) is 13.6. The topological polar surface area (TPSA) is 81.4 Å². The fraction of sp³-hybridized carbons (Fsp3) is 0.0526. The van der Waals surface area contributed by atoms with E-state index >= 15 is 0 Å². The van der Waals surface area contributed by atoms with E-state index in [0.29, 0.717) is 27.1 Å². The predicted molar refractivity (Wildman–Crippen MR) is 107 cm³/mol. The lowest BCUT2D eigenvalue weighted by molar-refractivity contribution is -0.118. The van der Waals surface area contributed by atoms with Gasteiger partial charge in [0.25, 0.3) is 5.91 Å². The number of benzene rings is 2. The third kappa shape index (κ3) is 4.05. The average Bonchev–Trinajstić information content (AvgIpc) is 3.15. The third-order valence-electron chi connectivity index (χ3n) is 3.86. The molecule has 2 heterocycles. The molecule has 0 saturated heterocycles. The molecule has 4 rings (SSSR count). The number of carbonyl (C=O) groups is 1. The molecular formula is C19H13Cl2N5O2. The van der Waals surface area contributed by atoms with Crippen molar-refractivity contribution in [3.05, 3.63) is 71.0 Å². The summed E-state index contributed by atoms with van der Waals surface area (Å²) in [7, 11) is 0. The maximum absolute atomic E-state index is 12.2. The molecule has 0 aliphatic carbocycles. The fourth-order valence-corrected chi connectivity index (χ4v) is 3.03. The molecule has 0 aliphatic rings. The van der Waals surface area contributed by atoms with Crippen molar-refractivity contribution in [3.63, 3.8) is 0 Å². The van der Waals surface area contributed by atoms with Crippen molar-refractivity contribution < 1.29 is 9.53 Å². The Labute approximate surface area is 169 Å². The van der Waals surface area contributed by atoms with Gasteiger partial charge >= 0.3 is 0 Å². The van der Waals surface area contributed by atoms with E-state index in [2.05, 4.69) is 20.6 Å². The van der Waals surface area contributed by atoms with E-state index in [1.165, 1.54) is 6.33 Å². The number of anilines is 1. The van der Waals surface area contributed by atoms with E-state index < -0.39 is 0 Å². The van der Waals surface area contributed by atoms with Crippen LogP contribution in [0.5, 0.6) is 5.75 Å². The van der Waals surface area contributed by atoms with Crippen LogP contribution in [0.2, 0.25) is 10.0 Å². The highest BCUT2D eigenvalue weighted by Crippen LogP contribution is 2.27. The van der Waals surface area contributed by atoms with Crippen molar-refractivity contribution >= 4 is 40.4 Å². The Morgan fingerprint density at radius 3 is 2.86 bits per heavy atom. The van der Waals surface area contributed by atoms with E-state index in [4.69, 9.17) is 27.9 Å². The number of amides is 1. The Kier molecular flexibility index (Phi) is 5.10. The number of rotatable bonds is 5. The van der Waals surface area contributed by atoms with Crippen LogP contribution >= 0.6 is 23.2 Å². The van der Waals surface area contributed by atoms with Crippen LogP contribution in [0.1, 0.15) is 0 Å². The van der Waals surface area contributed by atoms with Gasteiger partial charge < -0.3 is 10.1 Å². The highest BCUT2D eigenvalue weighted by molar-refractivity contribution is 6.35. The molecule has 0 aliphatic heterocycles. The second-order valence-electron chi connectivity index (χ2n) is 5.84. The van der Waals surface area contributed by atoms with Gasteiger partial charge in [-0.3, -0.25) is 4.79 Å². The Hall–Kier alpha value is -3.16. The Balaban J connectivity index is 1.44. The van der Waals surface area contributed by atoms with Gasteiger partial charge in [-0.15, -0.1) is 10.2 Å². The van der Waals surface area contributed by atoms with Gasteiger partial charge in [-0.1, -0.05) is 35.3 Å². The molecule has 0 atom stereocenters. The zero-order valence-corrected chi connectivity index (χ0v) is 15.9. The molecule has 140 valence electrons. The highest BCUT2D eigenvalue weighted by Gasteiger charge is 2.09. The molecule has 4 aromatic rings. The number of carbonyl (C=O) groups excluding carboxylic acids is 1. The monoisotopic (exact) mass is 413 g/mol. The van der Waals surface area contributed by atoms with Crippen LogP contribution in [0.4, 0.5) is 5.69 Å². The summed E-state index contributed by atoms with van der Waals surface area (Å²) in [5.74, 6) is 0.0757. The zero-order chi connectivity index (χ0) is 19.5. The smallest absolute Gasteiger partial charge is 0.262 e. The lowest BCUT2D eigenvalue weighted by Crippen LogP contribution is -2.20. The second kappa shape index (κ2) is 7.84. The van der Waals surface area contributed by atoms with Gasteiger partial charge in [0.1, 0.15) is 12.1 Å². The van der Waals surface area contributed by atoms with Crippen molar-refractivity contribution in [2.75, 3.05) is 11.9 Å². The minimum atomic E-state index is -0.314. The number of aromatic nitrogens is 4. The van der Waals surface area contributed by atoms with Crippen molar-refractivity contribution in [2.45, 2.75) is 0 Å². The molecule has 9 heteroatoms. The molecule has 7 nitrogen and oxygen atoms in total. The number of hydrogen-bond donors (Lipinski definition) is 1. The SMILES string of the molecule is O=C(COc1ccc(Cl)cc1Cl)Nc1cccc(-c2ccc3nncn3n2)c1. The molecule has 0 saturated carbocycles. The quantitative estimate of drug-likeness (QED) is 0.532. The van der Waals surface area contributed by atoms with Crippen LogP contribution in [0, 0.1) is 0 Å². The molecule has 1 amide bonds. The number of ether oxygens (including phenoxy) is 1. The van der Waals surface area contributed by atoms with Gasteiger partial charge in [-0.2, -0.15) is 9.61 Å². The molecular weight excluding hydrogens is 401 g/mol. The molecule has 1 N–H and O–H groups in total. The van der Waals surface area contributed by atoms with Crippen LogP contribution < -0.4 is 10.1 Å². The number of halogens is 2. The molecule has 0 radical (unpaired) electrons. The van der Waals surface area contributed by atoms with Crippen LogP contribution in [-0.4, -0.2) is 32.3 Å². The van der Waals surface area contributed by atoms with Gasteiger partial charge in [0.05, 0.1) is 10.7 Å². The van der Waals surface area contributed by atoms with E-state index in [-0.39, 0.29) is 12.5 Å². The first kappa shape index (κ1) is 18.2. The van der Waals surface area contributed by atoms with E-state index in [9.17, 15) is 4.79 Å². The van der Waals surface area contributed by atoms with E-state index in [1.807, 2.05) is 30.3 Å². The number of nitrogens with zero attached hydrogens (tertiary/aromatic N) is 4. The summed E-state index contributed by atoms with van der Waals surface area (Å²) in [6, 6.07) is 15.8. The van der Waals surface area contributed by atoms with Crippen LogP contribution in [0.15, 0.2) is 60.9 Å². The van der Waals surface area contributed by atoms with Crippen LogP contribution in [-0.2, 0) is 4.79 Å². The molecule has 0 spiro atoms. The summed E-state index contributed by atoms with van der Waals surface area (Å²) < 4.78 is 7.04. The predicted octanol–water partition coefficient (Wildman–Crippen LogP) is 4.12. The summed E-state index contributed by atoms with van der Waals surface area (Å²) in [5.41, 5.74) is 2.85. The van der Waals surface area contributed by atoms with Crippen molar-refractivity contribution in [2.24, 2.45) is 0 Å². The lowest BCUT2D eigenvalue weighted by atomic mass is 10.1. The van der Waals surface area contributed by atoms with Gasteiger partial charge in [-0.05, 0) is 42.5 Å². The molecule has 2 aromatic carbocycles. The average molecular weight is 414 g/mol. The molecule has 28 heavy (non-hydrogen) atoms. The zero-order valence-electron chi connectivity index (χ0n) is 14.3. The Morgan fingerprint density at radius 2 is 2.00 bits per heavy atom. The summed E-state index contributed by atoms with van der Waals surface area (Å²) in [6.45, 7) is -0.184. The normalized spacial score (nSPS) is 10.8. The standard InChI is InChI=1S/C19H13Cl2N5O2/c20-13-4-6-17(15(21)9-13)28-10-19(27)23-14-3-1-2-12(8-14)16-5-7-18-24-22-11-26(18)25-16/h1-9,11H,10H2,(H,23,27). The second-order valence-corrected chi connectivity index (χ2v) is 6.69. The molecule has 0 bridgehead atoms. The number of nitrogens with one attached hydrogen (secondary N) is 1. The third-order valence-corrected chi connectivity index (χ3v) is 4.39.